The van der Waals surface area contributed by atoms with Crippen molar-refractivity contribution in [2.24, 2.45) is 0 Å². The molecule has 1 unspecified atom stereocenters. The van der Waals surface area contributed by atoms with Gasteiger partial charge in [-0.05, 0) is 56.3 Å². The van der Waals surface area contributed by atoms with Crippen LogP contribution in [0.5, 0.6) is 0 Å². The molecule has 1 amide bonds. The van der Waals surface area contributed by atoms with Gasteiger partial charge < -0.3 is 10.6 Å². The van der Waals surface area contributed by atoms with Gasteiger partial charge in [-0.3, -0.25) is 4.79 Å². The van der Waals surface area contributed by atoms with Gasteiger partial charge in [0.05, 0.1) is 0 Å². The molecular weight excluding hydrogens is 312 g/mol. The summed E-state index contributed by atoms with van der Waals surface area (Å²) in [5.41, 5.74) is 2.58. The highest BCUT2D eigenvalue weighted by molar-refractivity contribution is 7.92. The zero-order valence-electron chi connectivity index (χ0n) is 13.5. The summed E-state index contributed by atoms with van der Waals surface area (Å²) in [5, 5.41) is 6.17. The average Bonchev–Trinajstić information content (AvgIpc) is 2.54. The predicted molar refractivity (Wildman–Crippen MR) is 90.1 cm³/mol. The third-order valence-electron chi connectivity index (χ3n) is 5.22. The second-order valence-corrected chi connectivity index (χ2v) is 9.02. The lowest BCUT2D eigenvalue weighted by Crippen LogP contribution is -2.59. The lowest BCUT2D eigenvalue weighted by atomic mass is 9.87. The van der Waals surface area contributed by atoms with E-state index in [0.29, 0.717) is 25.9 Å². The molecule has 0 aromatic heterocycles. The molecule has 23 heavy (non-hydrogen) atoms. The Balaban J connectivity index is 1.76. The quantitative estimate of drug-likeness (QED) is 0.857. The third-order valence-corrected chi connectivity index (χ3v) is 7.23. The smallest absolute Gasteiger partial charge is 0.241 e. The zero-order chi connectivity index (χ0) is 16.5. The minimum Gasteiger partial charge on any atom is -0.352 e. The summed E-state index contributed by atoms with van der Waals surface area (Å²) < 4.78 is 23.3. The van der Waals surface area contributed by atoms with E-state index in [1.807, 2.05) is 12.1 Å². The van der Waals surface area contributed by atoms with Crippen LogP contribution in [0.3, 0.4) is 0 Å². The SMILES string of the molecule is CS(=O)(=O)C1(C(=O)NC2CCc3ccccc3C2)CCNCC1. The molecule has 1 heterocycles. The molecule has 0 radical (unpaired) electrons. The summed E-state index contributed by atoms with van der Waals surface area (Å²) in [6.07, 6.45) is 4.45. The van der Waals surface area contributed by atoms with Gasteiger partial charge in [-0.15, -0.1) is 0 Å². The summed E-state index contributed by atoms with van der Waals surface area (Å²) in [6, 6.07) is 8.27. The Kier molecular flexibility index (Phi) is 4.47. The molecule has 2 N–H and O–H groups in total. The second-order valence-electron chi connectivity index (χ2n) is 6.70. The minimum absolute atomic E-state index is 0.0194. The summed E-state index contributed by atoms with van der Waals surface area (Å²) >= 11 is 0. The molecule has 1 atom stereocenters. The van der Waals surface area contributed by atoms with Crippen LogP contribution in [-0.2, 0) is 27.5 Å². The molecule has 1 fully saturated rings. The number of piperidine rings is 1. The predicted octanol–water partition coefficient (Wildman–Crippen LogP) is 0.827. The van der Waals surface area contributed by atoms with E-state index >= 15 is 0 Å². The highest BCUT2D eigenvalue weighted by Gasteiger charge is 2.49. The molecule has 1 aromatic rings. The number of rotatable bonds is 3. The molecule has 2 aliphatic rings. The van der Waals surface area contributed by atoms with Gasteiger partial charge in [0.2, 0.25) is 5.91 Å². The summed E-state index contributed by atoms with van der Waals surface area (Å²) in [5.74, 6) is -0.314. The molecule has 1 aromatic carbocycles. The first-order valence-corrected chi connectivity index (χ1v) is 10.1. The van der Waals surface area contributed by atoms with Crippen molar-refractivity contribution in [1.82, 2.24) is 10.6 Å². The van der Waals surface area contributed by atoms with Crippen LogP contribution >= 0.6 is 0 Å². The maximum absolute atomic E-state index is 12.8. The highest BCUT2D eigenvalue weighted by atomic mass is 32.2. The normalized spacial score (nSPS) is 23.8. The Morgan fingerprint density at radius 2 is 1.87 bits per heavy atom. The van der Waals surface area contributed by atoms with E-state index in [0.717, 1.165) is 19.3 Å². The van der Waals surface area contributed by atoms with Gasteiger partial charge in [0.25, 0.3) is 0 Å². The minimum atomic E-state index is -3.45. The fraction of sp³-hybridized carbons (Fsp3) is 0.588. The molecule has 5 nitrogen and oxygen atoms in total. The van der Waals surface area contributed by atoms with Crippen LogP contribution in [0.25, 0.3) is 0 Å². The molecule has 1 saturated heterocycles. The highest BCUT2D eigenvalue weighted by Crippen LogP contribution is 2.29. The number of benzene rings is 1. The van der Waals surface area contributed by atoms with E-state index in [1.165, 1.54) is 17.4 Å². The van der Waals surface area contributed by atoms with Crippen LogP contribution in [0.15, 0.2) is 24.3 Å². The van der Waals surface area contributed by atoms with E-state index in [-0.39, 0.29) is 11.9 Å². The number of sulfone groups is 1. The number of aryl methyl sites for hydroxylation is 1. The molecule has 1 aliphatic carbocycles. The molecule has 0 bridgehead atoms. The standard InChI is InChI=1S/C17H24N2O3S/c1-23(21,22)17(8-10-18-11-9-17)16(20)19-15-7-6-13-4-2-3-5-14(13)12-15/h2-5,15,18H,6-12H2,1H3,(H,19,20). The summed E-state index contributed by atoms with van der Waals surface area (Å²) in [7, 11) is -3.45. The Bertz CT molecular complexity index is 694. The molecule has 1 aliphatic heterocycles. The molecule has 3 rings (SSSR count). The van der Waals surface area contributed by atoms with Crippen molar-refractivity contribution in [3.8, 4) is 0 Å². The van der Waals surface area contributed by atoms with E-state index in [9.17, 15) is 13.2 Å². The summed E-state index contributed by atoms with van der Waals surface area (Å²) in [4.78, 5) is 12.8. The molecule has 6 heteroatoms. The Labute approximate surface area is 137 Å². The maximum Gasteiger partial charge on any atom is 0.241 e. The van der Waals surface area contributed by atoms with Gasteiger partial charge in [-0.1, -0.05) is 24.3 Å². The van der Waals surface area contributed by atoms with Gasteiger partial charge in [0, 0.05) is 12.3 Å². The Hall–Kier alpha value is -1.40. The molecular formula is C17H24N2O3S. The van der Waals surface area contributed by atoms with E-state index in [2.05, 4.69) is 22.8 Å². The van der Waals surface area contributed by atoms with Crippen LogP contribution in [0, 0.1) is 0 Å². The largest absolute Gasteiger partial charge is 0.352 e. The number of carbonyl (C=O) groups excluding carboxylic acids is 1. The van der Waals surface area contributed by atoms with Crippen LogP contribution in [0.1, 0.15) is 30.4 Å². The number of nitrogens with one attached hydrogen (secondary N) is 2. The summed E-state index contributed by atoms with van der Waals surface area (Å²) in [6.45, 7) is 1.13. The van der Waals surface area contributed by atoms with Crippen LogP contribution < -0.4 is 10.6 Å². The van der Waals surface area contributed by atoms with Crippen molar-refractivity contribution in [3.63, 3.8) is 0 Å². The van der Waals surface area contributed by atoms with Gasteiger partial charge >= 0.3 is 0 Å². The number of hydrogen-bond acceptors (Lipinski definition) is 4. The number of fused-ring (bicyclic) bond motifs is 1. The second kappa shape index (κ2) is 6.24. The lowest BCUT2D eigenvalue weighted by molar-refractivity contribution is -0.125. The van der Waals surface area contributed by atoms with Gasteiger partial charge in [0.1, 0.15) is 0 Å². The zero-order valence-corrected chi connectivity index (χ0v) is 14.3. The van der Waals surface area contributed by atoms with Gasteiger partial charge in [0.15, 0.2) is 14.6 Å². The first-order chi connectivity index (χ1) is 10.9. The van der Waals surface area contributed by atoms with Gasteiger partial charge in [-0.2, -0.15) is 0 Å². The maximum atomic E-state index is 12.8. The van der Waals surface area contributed by atoms with Crippen molar-refractivity contribution < 1.29 is 13.2 Å². The van der Waals surface area contributed by atoms with Crippen LogP contribution in [0.4, 0.5) is 0 Å². The fourth-order valence-electron chi connectivity index (χ4n) is 3.73. The van der Waals surface area contributed by atoms with E-state index < -0.39 is 14.6 Å². The van der Waals surface area contributed by atoms with Gasteiger partial charge in [-0.25, -0.2) is 8.42 Å². The van der Waals surface area contributed by atoms with E-state index in [4.69, 9.17) is 0 Å². The number of hydrogen-bond donors (Lipinski definition) is 2. The lowest BCUT2D eigenvalue weighted by Gasteiger charge is -2.36. The average molecular weight is 336 g/mol. The van der Waals surface area contributed by atoms with Crippen molar-refractivity contribution in [3.05, 3.63) is 35.4 Å². The van der Waals surface area contributed by atoms with Crippen molar-refractivity contribution in [2.45, 2.75) is 42.9 Å². The topological polar surface area (TPSA) is 75.3 Å². The first kappa shape index (κ1) is 16.5. The van der Waals surface area contributed by atoms with Crippen molar-refractivity contribution in [2.75, 3.05) is 19.3 Å². The number of amides is 1. The van der Waals surface area contributed by atoms with Crippen LogP contribution in [0.2, 0.25) is 0 Å². The molecule has 0 saturated carbocycles. The van der Waals surface area contributed by atoms with Crippen molar-refractivity contribution in [1.29, 1.82) is 0 Å². The third kappa shape index (κ3) is 3.15. The fourth-order valence-corrected chi connectivity index (χ4v) is 5.08. The monoisotopic (exact) mass is 336 g/mol. The Morgan fingerprint density at radius 1 is 1.22 bits per heavy atom. The first-order valence-electron chi connectivity index (χ1n) is 8.20. The van der Waals surface area contributed by atoms with E-state index in [1.54, 1.807) is 0 Å². The Morgan fingerprint density at radius 3 is 2.52 bits per heavy atom. The van der Waals surface area contributed by atoms with Crippen LogP contribution in [-0.4, -0.2) is 44.5 Å². The molecule has 0 spiro atoms. The van der Waals surface area contributed by atoms with Crippen molar-refractivity contribution >= 4 is 15.7 Å². The molecule has 126 valence electrons. The number of carbonyl (C=O) groups is 1.